The summed E-state index contributed by atoms with van der Waals surface area (Å²) in [6.07, 6.45) is 0.246. The van der Waals surface area contributed by atoms with Crippen molar-refractivity contribution in [2.75, 3.05) is 5.73 Å². The number of hydrogen-bond acceptors (Lipinski definition) is 3. The molecule has 0 bridgehead atoms. The van der Waals surface area contributed by atoms with Crippen LogP contribution in [0, 0.1) is 23.3 Å². The van der Waals surface area contributed by atoms with E-state index in [1.54, 1.807) is 6.92 Å². The van der Waals surface area contributed by atoms with E-state index in [2.05, 4.69) is 10.3 Å². The van der Waals surface area contributed by atoms with Gasteiger partial charge < -0.3 is 5.73 Å². The SMILES string of the molecule is CCc1c(N)nnn1-c1c(F)c(F)cc(F)c1F. The van der Waals surface area contributed by atoms with Gasteiger partial charge in [-0.2, -0.15) is 0 Å². The third kappa shape index (κ3) is 1.69. The van der Waals surface area contributed by atoms with E-state index < -0.39 is 29.0 Å². The minimum Gasteiger partial charge on any atom is -0.381 e. The summed E-state index contributed by atoms with van der Waals surface area (Å²) in [6, 6.07) is 0.125. The molecule has 2 N–H and O–H groups in total. The van der Waals surface area contributed by atoms with Gasteiger partial charge in [0.25, 0.3) is 0 Å². The molecule has 0 aliphatic heterocycles. The normalized spacial score (nSPS) is 10.9. The van der Waals surface area contributed by atoms with Crippen LogP contribution < -0.4 is 5.73 Å². The van der Waals surface area contributed by atoms with Gasteiger partial charge in [-0.25, -0.2) is 22.2 Å². The Morgan fingerprint density at radius 2 is 1.72 bits per heavy atom. The Kier molecular flexibility index (Phi) is 2.93. The summed E-state index contributed by atoms with van der Waals surface area (Å²) < 4.78 is 53.9. The molecule has 2 aromatic rings. The number of aromatic nitrogens is 3. The molecule has 0 atom stereocenters. The van der Waals surface area contributed by atoms with Crippen molar-refractivity contribution in [2.24, 2.45) is 0 Å². The molecule has 0 saturated carbocycles. The van der Waals surface area contributed by atoms with Crippen molar-refractivity contribution < 1.29 is 17.6 Å². The third-order valence-electron chi connectivity index (χ3n) is 2.43. The van der Waals surface area contributed by atoms with Gasteiger partial charge in [0, 0.05) is 6.07 Å². The van der Waals surface area contributed by atoms with Crippen molar-refractivity contribution in [3.63, 3.8) is 0 Å². The first-order chi connectivity index (χ1) is 8.47. The third-order valence-corrected chi connectivity index (χ3v) is 2.43. The highest BCUT2D eigenvalue weighted by atomic mass is 19.2. The lowest BCUT2D eigenvalue weighted by Gasteiger charge is -2.08. The number of benzene rings is 1. The number of nitrogens with zero attached hydrogens (tertiary/aromatic N) is 3. The predicted octanol–water partition coefficient (Wildman–Crippen LogP) is 1.97. The number of halogens is 4. The minimum absolute atomic E-state index is 0.0547. The molecule has 1 aromatic carbocycles. The van der Waals surface area contributed by atoms with Gasteiger partial charge in [-0.1, -0.05) is 12.1 Å². The summed E-state index contributed by atoms with van der Waals surface area (Å²) in [4.78, 5) is 0. The lowest BCUT2D eigenvalue weighted by Crippen LogP contribution is -2.10. The lowest BCUT2D eigenvalue weighted by molar-refractivity contribution is 0.442. The fraction of sp³-hybridized carbons (Fsp3) is 0.200. The van der Waals surface area contributed by atoms with Crippen LogP contribution in [0.15, 0.2) is 6.07 Å². The molecule has 0 aliphatic rings. The fourth-order valence-corrected chi connectivity index (χ4v) is 1.57. The Balaban J connectivity index is 2.78. The van der Waals surface area contributed by atoms with Crippen molar-refractivity contribution in [1.29, 1.82) is 0 Å². The zero-order chi connectivity index (χ0) is 13.4. The number of anilines is 1. The second kappa shape index (κ2) is 4.28. The van der Waals surface area contributed by atoms with E-state index in [0.717, 1.165) is 0 Å². The molecule has 1 heterocycles. The van der Waals surface area contributed by atoms with E-state index in [9.17, 15) is 17.6 Å². The van der Waals surface area contributed by atoms with Crippen LogP contribution in [0.5, 0.6) is 0 Å². The maximum atomic E-state index is 13.5. The van der Waals surface area contributed by atoms with Crippen molar-refractivity contribution in [3.8, 4) is 5.69 Å². The Bertz CT molecular complexity index is 582. The minimum atomic E-state index is -1.55. The Labute approximate surface area is 99.0 Å². The van der Waals surface area contributed by atoms with E-state index >= 15 is 0 Å². The van der Waals surface area contributed by atoms with Gasteiger partial charge in [0.15, 0.2) is 29.1 Å². The lowest BCUT2D eigenvalue weighted by atomic mass is 10.2. The maximum Gasteiger partial charge on any atom is 0.187 e. The van der Waals surface area contributed by atoms with E-state index in [1.807, 2.05) is 0 Å². The highest BCUT2D eigenvalue weighted by Crippen LogP contribution is 2.25. The summed E-state index contributed by atoms with van der Waals surface area (Å²) in [6.45, 7) is 1.64. The van der Waals surface area contributed by atoms with Crippen molar-refractivity contribution in [2.45, 2.75) is 13.3 Å². The highest BCUT2D eigenvalue weighted by Gasteiger charge is 2.24. The monoisotopic (exact) mass is 260 g/mol. The first-order valence-corrected chi connectivity index (χ1v) is 5.00. The quantitative estimate of drug-likeness (QED) is 0.663. The zero-order valence-electron chi connectivity index (χ0n) is 9.22. The first kappa shape index (κ1) is 12.3. The fourth-order valence-electron chi connectivity index (χ4n) is 1.57. The van der Waals surface area contributed by atoms with Crippen LogP contribution in [-0.4, -0.2) is 15.0 Å². The van der Waals surface area contributed by atoms with Gasteiger partial charge in [0.2, 0.25) is 0 Å². The van der Waals surface area contributed by atoms with Crippen LogP contribution in [0.4, 0.5) is 23.4 Å². The van der Waals surface area contributed by atoms with Crippen LogP contribution in [-0.2, 0) is 6.42 Å². The van der Waals surface area contributed by atoms with Gasteiger partial charge in [-0.05, 0) is 6.42 Å². The second-order valence-corrected chi connectivity index (χ2v) is 3.50. The molecule has 18 heavy (non-hydrogen) atoms. The van der Waals surface area contributed by atoms with Gasteiger partial charge in [0.05, 0.1) is 5.69 Å². The summed E-state index contributed by atoms with van der Waals surface area (Å²) in [5, 5.41) is 6.81. The molecular formula is C10H8F4N4. The first-order valence-electron chi connectivity index (χ1n) is 5.00. The molecule has 0 saturated heterocycles. The molecule has 0 unspecified atom stereocenters. The molecular weight excluding hydrogens is 252 g/mol. The summed E-state index contributed by atoms with van der Waals surface area (Å²) in [7, 11) is 0. The molecule has 1 aromatic heterocycles. The van der Waals surface area contributed by atoms with Gasteiger partial charge >= 0.3 is 0 Å². The second-order valence-electron chi connectivity index (χ2n) is 3.50. The van der Waals surface area contributed by atoms with Crippen LogP contribution >= 0.6 is 0 Å². The Hall–Kier alpha value is -2.12. The molecule has 96 valence electrons. The topological polar surface area (TPSA) is 56.7 Å². The number of nitrogens with two attached hydrogens (primary N) is 1. The number of nitrogen functional groups attached to an aromatic ring is 1. The molecule has 0 radical (unpaired) electrons. The molecule has 0 spiro atoms. The molecule has 0 aliphatic carbocycles. The van der Waals surface area contributed by atoms with E-state index in [1.165, 1.54) is 0 Å². The van der Waals surface area contributed by atoms with Gasteiger partial charge in [0.1, 0.15) is 5.69 Å². The smallest absolute Gasteiger partial charge is 0.187 e. The average Bonchev–Trinajstić information content (AvgIpc) is 2.68. The van der Waals surface area contributed by atoms with Crippen LogP contribution in [0.25, 0.3) is 5.69 Å². The van der Waals surface area contributed by atoms with Crippen LogP contribution in [0.3, 0.4) is 0 Å². The molecule has 2 rings (SSSR count). The zero-order valence-corrected chi connectivity index (χ0v) is 9.22. The summed E-state index contributed by atoms with van der Waals surface area (Å²) in [5.74, 6) is -6.18. The molecule has 8 heteroatoms. The predicted molar refractivity (Wildman–Crippen MR) is 55.0 cm³/mol. The van der Waals surface area contributed by atoms with Crippen molar-refractivity contribution in [1.82, 2.24) is 15.0 Å². The van der Waals surface area contributed by atoms with E-state index in [-0.39, 0.29) is 24.0 Å². The van der Waals surface area contributed by atoms with Crippen LogP contribution in [0.1, 0.15) is 12.6 Å². The molecule has 0 amide bonds. The van der Waals surface area contributed by atoms with Gasteiger partial charge in [-0.3, -0.25) is 0 Å². The number of rotatable bonds is 2. The summed E-state index contributed by atoms with van der Waals surface area (Å²) in [5.41, 5.74) is 4.64. The summed E-state index contributed by atoms with van der Waals surface area (Å²) >= 11 is 0. The standard InChI is InChI=1S/C10H8F4N4/c1-2-6-10(15)16-17-18(6)9-7(13)4(11)3-5(12)8(9)14/h3H,2,15H2,1H3. The molecule has 4 nitrogen and oxygen atoms in total. The largest absolute Gasteiger partial charge is 0.381 e. The highest BCUT2D eigenvalue weighted by molar-refractivity contribution is 5.43. The Morgan fingerprint density at radius 1 is 1.17 bits per heavy atom. The maximum absolute atomic E-state index is 13.5. The van der Waals surface area contributed by atoms with Gasteiger partial charge in [-0.15, -0.1) is 5.10 Å². The molecule has 0 fully saturated rings. The number of hydrogen-bond donors (Lipinski definition) is 1. The van der Waals surface area contributed by atoms with Crippen molar-refractivity contribution in [3.05, 3.63) is 35.0 Å². The average molecular weight is 260 g/mol. The van der Waals surface area contributed by atoms with E-state index in [0.29, 0.717) is 4.68 Å². The van der Waals surface area contributed by atoms with Crippen LogP contribution in [0.2, 0.25) is 0 Å². The van der Waals surface area contributed by atoms with E-state index in [4.69, 9.17) is 5.73 Å². The Morgan fingerprint density at radius 3 is 2.22 bits per heavy atom. The van der Waals surface area contributed by atoms with Crippen molar-refractivity contribution >= 4 is 5.82 Å².